The summed E-state index contributed by atoms with van der Waals surface area (Å²) >= 11 is 0. The van der Waals surface area contributed by atoms with Crippen LogP contribution in [0.5, 0.6) is 0 Å². The van der Waals surface area contributed by atoms with Crippen LogP contribution in [0.4, 0.5) is 0 Å². The summed E-state index contributed by atoms with van der Waals surface area (Å²) in [4.78, 5) is 11.0. The van der Waals surface area contributed by atoms with Crippen molar-refractivity contribution in [2.75, 3.05) is 0 Å². The first-order valence-corrected chi connectivity index (χ1v) is 5.85. The second-order valence-corrected chi connectivity index (χ2v) is 4.12. The lowest BCUT2D eigenvalue weighted by molar-refractivity contribution is -0.134. The summed E-state index contributed by atoms with van der Waals surface area (Å²) in [6, 6.07) is 5.85. The van der Waals surface area contributed by atoms with Crippen molar-refractivity contribution in [1.82, 2.24) is 0 Å². The second kappa shape index (κ2) is 4.98. The molecule has 0 aliphatic carbocycles. The molecule has 86 valence electrons. The fourth-order valence-corrected chi connectivity index (χ4v) is 2.16. The van der Waals surface area contributed by atoms with Gasteiger partial charge in [-0.2, -0.15) is 0 Å². The van der Waals surface area contributed by atoms with Crippen LogP contribution in [-0.2, 0) is 9.22 Å². The van der Waals surface area contributed by atoms with E-state index in [9.17, 15) is 4.79 Å². The standard InChI is InChI=1S/C12H16O3Si/c1-7-5-4-6-10(8(7)2)9(3)11(15-16)12(13)14/h4-6H,1-3,16H3,(H,13,14). The number of carboxylic acids is 1. The highest BCUT2D eigenvalue weighted by Crippen LogP contribution is 2.24. The van der Waals surface area contributed by atoms with E-state index in [4.69, 9.17) is 9.53 Å². The Balaban J connectivity index is 3.38. The molecule has 3 nitrogen and oxygen atoms in total. The Morgan fingerprint density at radius 1 is 1.38 bits per heavy atom. The van der Waals surface area contributed by atoms with E-state index in [0.717, 1.165) is 16.7 Å². The highest BCUT2D eigenvalue weighted by Gasteiger charge is 2.14. The van der Waals surface area contributed by atoms with E-state index in [1.165, 1.54) is 0 Å². The fraction of sp³-hybridized carbons (Fsp3) is 0.250. The first-order valence-electron chi connectivity index (χ1n) is 5.03. The zero-order chi connectivity index (χ0) is 12.3. The molecule has 1 aromatic carbocycles. The third-order valence-electron chi connectivity index (χ3n) is 2.75. The Labute approximate surface area is 98.3 Å². The molecular weight excluding hydrogens is 220 g/mol. The molecule has 0 saturated carbocycles. The van der Waals surface area contributed by atoms with Gasteiger partial charge < -0.3 is 9.53 Å². The summed E-state index contributed by atoms with van der Waals surface area (Å²) in [7, 11) is 0.376. The summed E-state index contributed by atoms with van der Waals surface area (Å²) < 4.78 is 5.04. The monoisotopic (exact) mass is 236 g/mol. The second-order valence-electron chi connectivity index (χ2n) is 3.71. The molecule has 0 radical (unpaired) electrons. The fourth-order valence-electron chi connectivity index (χ4n) is 1.68. The maximum absolute atomic E-state index is 11.0. The van der Waals surface area contributed by atoms with Gasteiger partial charge in [0.2, 0.25) is 10.5 Å². The van der Waals surface area contributed by atoms with Crippen LogP contribution in [0.15, 0.2) is 24.0 Å². The van der Waals surface area contributed by atoms with Gasteiger partial charge in [-0.3, -0.25) is 0 Å². The minimum absolute atomic E-state index is 0.0559. The highest BCUT2D eigenvalue weighted by molar-refractivity contribution is 6.05. The maximum Gasteiger partial charge on any atom is 0.370 e. The SMILES string of the molecule is CC(=C(O[SiH3])C(=O)O)c1cccc(C)c1C. The smallest absolute Gasteiger partial charge is 0.370 e. The molecule has 0 aromatic heterocycles. The summed E-state index contributed by atoms with van der Waals surface area (Å²) in [5.41, 5.74) is 3.87. The Bertz CT molecular complexity index is 450. The zero-order valence-electron chi connectivity index (χ0n) is 10.00. The van der Waals surface area contributed by atoms with Crippen molar-refractivity contribution in [3.63, 3.8) is 0 Å². The summed E-state index contributed by atoms with van der Waals surface area (Å²) in [5.74, 6) is -0.950. The Morgan fingerprint density at radius 3 is 2.50 bits per heavy atom. The lowest BCUT2D eigenvalue weighted by Crippen LogP contribution is -2.06. The number of carbonyl (C=O) groups is 1. The van der Waals surface area contributed by atoms with Gasteiger partial charge in [0.15, 0.2) is 5.76 Å². The quantitative estimate of drug-likeness (QED) is 0.490. The van der Waals surface area contributed by atoms with Gasteiger partial charge in [-0.25, -0.2) is 4.79 Å². The van der Waals surface area contributed by atoms with Crippen molar-refractivity contribution in [3.05, 3.63) is 40.6 Å². The van der Waals surface area contributed by atoms with Gasteiger partial charge in [0.05, 0.1) is 0 Å². The van der Waals surface area contributed by atoms with Gasteiger partial charge in [-0.05, 0) is 37.5 Å². The minimum Gasteiger partial charge on any atom is -0.548 e. The van der Waals surface area contributed by atoms with Crippen LogP contribution < -0.4 is 0 Å². The lowest BCUT2D eigenvalue weighted by atomic mass is 9.97. The van der Waals surface area contributed by atoms with Crippen LogP contribution in [0.25, 0.3) is 5.57 Å². The van der Waals surface area contributed by atoms with Gasteiger partial charge in [-0.1, -0.05) is 18.2 Å². The molecule has 1 N–H and O–H groups in total. The number of hydrogen-bond donors (Lipinski definition) is 1. The Morgan fingerprint density at radius 2 is 2.00 bits per heavy atom. The van der Waals surface area contributed by atoms with Gasteiger partial charge in [0.25, 0.3) is 0 Å². The van der Waals surface area contributed by atoms with Crippen molar-refractivity contribution in [2.45, 2.75) is 20.8 Å². The third-order valence-corrected chi connectivity index (χ3v) is 3.16. The van der Waals surface area contributed by atoms with Crippen LogP contribution in [-0.4, -0.2) is 21.6 Å². The average molecular weight is 236 g/mol. The van der Waals surface area contributed by atoms with Gasteiger partial charge in [-0.15, -0.1) is 0 Å². The van der Waals surface area contributed by atoms with Crippen molar-refractivity contribution in [2.24, 2.45) is 0 Å². The first kappa shape index (κ1) is 12.5. The number of hydrogen-bond acceptors (Lipinski definition) is 2. The van der Waals surface area contributed by atoms with E-state index >= 15 is 0 Å². The van der Waals surface area contributed by atoms with E-state index in [-0.39, 0.29) is 5.76 Å². The maximum atomic E-state index is 11.0. The molecule has 0 unspecified atom stereocenters. The molecule has 1 rings (SSSR count). The van der Waals surface area contributed by atoms with Gasteiger partial charge in [0.1, 0.15) is 0 Å². The molecule has 0 aliphatic heterocycles. The van der Waals surface area contributed by atoms with E-state index in [2.05, 4.69) is 0 Å². The minimum atomic E-state index is -1.01. The van der Waals surface area contributed by atoms with Crippen LogP contribution in [0.2, 0.25) is 0 Å². The van der Waals surface area contributed by atoms with Crippen LogP contribution in [0.3, 0.4) is 0 Å². The normalized spacial score (nSPS) is 12.2. The lowest BCUT2D eigenvalue weighted by Gasteiger charge is -2.12. The number of carboxylic acid groups (broad SMARTS) is 1. The molecule has 0 heterocycles. The summed E-state index contributed by atoms with van der Waals surface area (Å²) in [5, 5.41) is 9.00. The summed E-state index contributed by atoms with van der Waals surface area (Å²) in [6.45, 7) is 5.78. The molecule has 0 fully saturated rings. The highest BCUT2D eigenvalue weighted by atomic mass is 28.2. The van der Waals surface area contributed by atoms with Crippen LogP contribution >= 0.6 is 0 Å². The number of aliphatic carboxylic acids is 1. The van der Waals surface area contributed by atoms with Crippen LogP contribution in [0.1, 0.15) is 23.6 Å². The third kappa shape index (κ3) is 2.33. The van der Waals surface area contributed by atoms with Crippen molar-refractivity contribution >= 4 is 22.0 Å². The number of allylic oxidation sites excluding steroid dienone is 1. The number of rotatable bonds is 3. The van der Waals surface area contributed by atoms with E-state index in [1.807, 2.05) is 32.0 Å². The molecule has 0 bridgehead atoms. The summed E-state index contributed by atoms with van der Waals surface area (Å²) in [6.07, 6.45) is 0. The predicted molar refractivity (Wildman–Crippen MR) is 67.2 cm³/mol. The van der Waals surface area contributed by atoms with E-state index in [1.54, 1.807) is 6.92 Å². The molecule has 0 spiro atoms. The molecule has 0 aliphatic rings. The molecule has 4 heteroatoms. The molecule has 16 heavy (non-hydrogen) atoms. The van der Waals surface area contributed by atoms with Gasteiger partial charge in [0, 0.05) is 5.57 Å². The Kier molecular flexibility index (Phi) is 3.90. The van der Waals surface area contributed by atoms with E-state index < -0.39 is 5.97 Å². The van der Waals surface area contributed by atoms with Crippen molar-refractivity contribution in [1.29, 1.82) is 0 Å². The number of benzene rings is 1. The zero-order valence-corrected chi connectivity index (χ0v) is 12.0. The topological polar surface area (TPSA) is 46.5 Å². The van der Waals surface area contributed by atoms with Crippen molar-refractivity contribution < 1.29 is 14.3 Å². The molecule has 0 saturated heterocycles. The predicted octanol–water partition coefficient (Wildman–Crippen LogP) is 1.42. The molecule has 0 amide bonds. The van der Waals surface area contributed by atoms with Gasteiger partial charge >= 0.3 is 5.97 Å². The number of aryl methyl sites for hydroxylation is 1. The van der Waals surface area contributed by atoms with Crippen molar-refractivity contribution in [3.8, 4) is 0 Å². The van der Waals surface area contributed by atoms with E-state index in [0.29, 0.717) is 16.1 Å². The molecular formula is C12H16O3Si. The molecule has 1 aromatic rings. The average Bonchev–Trinajstić information content (AvgIpc) is 2.22. The first-order chi connectivity index (χ1) is 7.49. The molecule has 0 atom stereocenters. The largest absolute Gasteiger partial charge is 0.548 e. The Hall–Kier alpha value is -1.55. The van der Waals surface area contributed by atoms with Crippen LogP contribution in [0, 0.1) is 13.8 Å².